The Hall–Kier alpha value is -2.60. The Kier molecular flexibility index (Phi) is 2.84. The molecule has 0 unspecified atom stereocenters. The zero-order chi connectivity index (χ0) is 15.1. The fraction of sp³-hybridized carbons (Fsp3) is 0.222. The number of nitriles is 1. The molecule has 3 heteroatoms. The maximum Gasteiger partial charge on any atom is 0.236 e. The first-order chi connectivity index (χ1) is 10.0. The highest BCUT2D eigenvalue weighted by atomic mass is 16.2. The molecular formula is C18H16N2O. The summed E-state index contributed by atoms with van der Waals surface area (Å²) in [5.74, 6) is -0.128. The maximum atomic E-state index is 12.7. The molecule has 3 nitrogen and oxygen atoms in total. The zero-order valence-corrected chi connectivity index (χ0v) is 12.1. The summed E-state index contributed by atoms with van der Waals surface area (Å²) in [7, 11) is 0. The third kappa shape index (κ3) is 1.62. The van der Waals surface area contributed by atoms with Crippen LogP contribution in [0.25, 0.3) is 0 Å². The summed E-state index contributed by atoms with van der Waals surface area (Å²) in [6.07, 6.45) is 0. The first-order valence-electron chi connectivity index (χ1n) is 6.92. The molecule has 0 fully saturated rings. The minimum atomic E-state index is -0.940. The molecule has 1 aliphatic rings. The van der Waals surface area contributed by atoms with E-state index in [9.17, 15) is 10.1 Å². The van der Waals surface area contributed by atoms with E-state index in [0.717, 1.165) is 16.8 Å². The number of nitrogens with zero attached hydrogens (tertiary/aromatic N) is 1. The molecule has 2 atom stereocenters. The van der Waals surface area contributed by atoms with Crippen molar-refractivity contribution in [1.82, 2.24) is 0 Å². The van der Waals surface area contributed by atoms with Crippen LogP contribution in [0.5, 0.6) is 0 Å². The summed E-state index contributed by atoms with van der Waals surface area (Å²) in [6, 6.07) is 19.5. The van der Waals surface area contributed by atoms with Crippen molar-refractivity contribution in [2.45, 2.75) is 24.7 Å². The Bertz CT molecular complexity index is 747. The summed E-state index contributed by atoms with van der Waals surface area (Å²) in [6.45, 7) is 3.69. The highest BCUT2D eigenvalue weighted by molar-refractivity contribution is 6.07. The number of hydrogen-bond donors (Lipinski definition) is 1. The van der Waals surface area contributed by atoms with Crippen LogP contribution < -0.4 is 5.32 Å². The van der Waals surface area contributed by atoms with Crippen molar-refractivity contribution in [3.63, 3.8) is 0 Å². The molecule has 1 heterocycles. The fourth-order valence-electron chi connectivity index (χ4n) is 3.13. The lowest BCUT2D eigenvalue weighted by molar-refractivity contribution is -0.121. The van der Waals surface area contributed by atoms with Gasteiger partial charge in [0.25, 0.3) is 0 Å². The number of rotatable bonds is 2. The Morgan fingerprint density at radius 2 is 1.71 bits per heavy atom. The molecule has 0 bridgehead atoms. The number of benzene rings is 2. The van der Waals surface area contributed by atoms with Crippen molar-refractivity contribution < 1.29 is 4.79 Å². The number of nitrogens with one attached hydrogen (secondary N) is 1. The van der Waals surface area contributed by atoms with Gasteiger partial charge in [-0.1, -0.05) is 48.5 Å². The van der Waals surface area contributed by atoms with Gasteiger partial charge in [0.15, 0.2) is 0 Å². The van der Waals surface area contributed by atoms with E-state index in [1.165, 1.54) is 0 Å². The van der Waals surface area contributed by atoms with E-state index in [1.807, 2.05) is 68.4 Å². The number of carbonyl (C=O) groups excluding carboxylic acids is 1. The molecule has 0 saturated carbocycles. The Labute approximate surface area is 124 Å². The van der Waals surface area contributed by atoms with E-state index in [4.69, 9.17) is 0 Å². The van der Waals surface area contributed by atoms with Gasteiger partial charge in [0, 0.05) is 5.69 Å². The quantitative estimate of drug-likeness (QED) is 0.914. The Balaban J connectivity index is 2.27. The van der Waals surface area contributed by atoms with E-state index >= 15 is 0 Å². The van der Waals surface area contributed by atoms with E-state index < -0.39 is 10.8 Å². The highest BCUT2D eigenvalue weighted by Gasteiger charge is 2.56. The monoisotopic (exact) mass is 276 g/mol. The van der Waals surface area contributed by atoms with Gasteiger partial charge >= 0.3 is 0 Å². The molecule has 0 aliphatic carbocycles. The van der Waals surface area contributed by atoms with Gasteiger partial charge in [-0.15, -0.1) is 0 Å². The number of para-hydroxylation sites is 1. The van der Waals surface area contributed by atoms with Crippen LogP contribution in [0.1, 0.15) is 25.0 Å². The number of carbonyl (C=O) groups is 1. The third-order valence-electron chi connectivity index (χ3n) is 4.74. The summed E-state index contributed by atoms with van der Waals surface area (Å²) in [4.78, 5) is 12.7. The standard InChI is InChI=1S/C18H16N2O/c1-17(12-19,13-8-4-3-5-9-13)18(2)14-10-6-7-11-15(14)20-16(18)21/h3-11H,1-2H3,(H,20,21)/t17-,18+/m0/s1. The average molecular weight is 276 g/mol. The van der Waals surface area contributed by atoms with Crippen molar-refractivity contribution in [1.29, 1.82) is 5.26 Å². The number of amides is 1. The van der Waals surface area contributed by atoms with E-state index in [1.54, 1.807) is 0 Å². The lowest BCUT2D eigenvalue weighted by Crippen LogP contribution is -2.49. The molecule has 2 aromatic rings. The van der Waals surface area contributed by atoms with Gasteiger partial charge < -0.3 is 5.32 Å². The predicted octanol–water partition coefficient (Wildman–Crippen LogP) is 3.38. The van der Waals surface area contributed by atoms with Crippen molar-refractivity contribution in [3.8, 4) is 6.07 Å². The van der Waals surface area contributed by atoms with Crippen LogP contribution in [0, 0.1) is 11.3 Å². The number of hydrogen-bond acceptors (Lipinski definition) is 2. The van der Waals surface area contributed by atoms with Crippen molar-refractivity contribution in [3.05, 3.63) is 65.7 Å². The second-order valence-electron chi connectivity index (χ2n) is 5.73. The smallest absolute Gasteiger partial charge is 0.236 e. The lowest BCUT2D eigenvalue weighted by Gasteiger charge is -2.37. The molecule has 3 rings (SSSR count). The lowest BCUT2D eigenvalue weighted by atomic mass is 9.60. The fourth-order valence-corrected chi connectivity index (χ4v) is 3.13. The van der Waals surface area contributed by atoms with Gasteiger partial charge in [0.05, 0.1) is 16.9 Å². The first-order valence-corrected chi connectivity index (χ1v) is 6.92. The maximum absolute atomic E-state index is 12.7. The van der Waals surface area contributed by atoms with Gasteiger partial charge in [-0.3, -0.25) is 4.79 Å². The molecule has 1 N–H and O–H groups in total. The van der Waals surface area contributed by atoms with Crippen LogP contribution in [-0.4, -0.2) is 5.91 Å². The topological polar surface area (TPSA) is 52.9 Å². The molecule has 21 heavy (non-hydrogen) atoms. The molecule has 2 aromatic carbocycles. The van der Waals surface area contributed by atoms with Gasteiger partial charge in [-0.2, -0.15) is 5.26 Å². The average Bonchev–Trinajstić information content (AvgIpc) is 2.80. The summed E-state index contributed by atoms with van der Waals surface area (Å²) >= 11 is 0. The molecule has 1 aliphatic heterocycles. The third-order valence-corrected chi connectivity index (χ3v) is 4.74. The number of anilines is 1. The molecule has 0 saturated heterocycles. The highest BCUT2D eigenvalue weighted by Crippen LogP contribution is 2.50. The first kappa shape index (κ1) is 13.4. The molecular weight excluding hydrogens is 260 g/mol. The normalized spacial score (nSPS) is 22.8. The molecule has 104 valence electrons. The van der Waals surface area contributed by atoms with Crippen LogP contribution >= 0.6 is 0 Å². The van der Waals surface area contributed by atoms with E-state index in [-0.39, 0.29) is 5.91 Å². The molecule has 1 amide bonds. The van der Waals surface area contributed by atoms with Crippen LogP contribution in [-0.2, 0) is 15.6 Å². The van der Waals surface area contributed by atoms with Crippen molar-refractivity contribution >= 4 is 11.6 Å². The second-order valence-corrected chi connectivity index (χ2v) is 5.73. The zero-order valence-electron chi connectivity index (χ0n) is 12.1. The number of fused-ring (bicyclic) bond motifs is 1. The summed E-state index contributed by atoms with van der Waals surface area (Å²) in [5.41, 5.74) is 0.664. The van der Waals surface area contributed by atoms with Crippen molar-refractivity contribution in [2.24, 2.45) is 0 Å². The van der Waals surface area contributed by atoms with Crippen LogP contribution in [0.3, 0.4) is 0 Å². The predicted molar refractivity (Wildman–Crippen MR) is 81.8 cm³/mol. The molecule has 0 radical (unpaired) electrons. The van der Waals surface area contributed by atoms with Crippen LogP contribution in [0.15, 0.2) is 54.6 Å². The Morgan fingerprint density at radius 1 is 1.10 bits per heavy atom. The second kappa shape index (κ2) is 4.46. The Morgan fingerprint density at radius 3 is 2.38 bits per heavy atom. The van der Waals surface area contributed by atoms with Gasteiger partial charge in [-0.05, 0) is 31.0 Å². The molecule has 0 spiro atoms. The van der Waals surface area contributed by atoms with Gasteiger partial charge in [0.1, 0.15) is 0 Å². The van der Waals surface area contributed by atoms with Crippen molar-refractivity contribution in [2.75, 3.05) is 5.32 Å². The summed E-state index contributed by atoms with van der Waals surface area (Å²) < 4.78 is 0. The SMILES string of the molecule is C[C@](C#N)(c1ccccc1)[C@@]1(C)C(=O)Nc2ccccc21. The van der Waals surface area contributed by atoms with Gasteiger partial charge in [-0.25, -0.2) is 0 Å². The van der Waals surface area contributed by atoms with E-state index in [0.29, 0.717) is 0 Å². The van der Waals surface area contributed by atoms with E-state index in [2.05, 4.69) is 11.4 Å². The van der Waals surface area contributed by atoms with Gasteiger partial charge in [0.2, 0.25) is 5.91 Å². The van der Waals surface area contributed by atoms with Crippen LogP contribution in [0.2, 0.25) is 0 Å². The minimum Gasteiger partial charge on any atom is -0.325 e. The largest absolute Gasteiger partial charge is 0.325 e. The van der Waals surface area contributed by atoms with Crippen LogP contribution in [0.4, 0.5) is 5.69 Å². The summed E-state index contributed by atoms with van der Waals surface area (Å²) in [5, 5.41) is 12.8. The minimum absolute atomic E-state index is 0.128. The molecule has 0 aromatic heterocycles.